The number of para-hydroxylation sites is 1. The van der Waals surface area contributed by atoms with Crippen LogP contribution in [0.15, 0.2) is 83.8 Å². The molecule has 0 N–H and O–H groups in total. The van der Waals surface area contributed by atoms with E-state index in [1.54, 1.807) is 16.4 Å². The largest absolute Gasteiger partial charge is 0.264 e. The highest BCUT2D eigenvalue weighted by atomic mass is 32.2. The minimum Gasteiger partial charge on any atom is -0.260 e. The maximum Gasteiger partial charge on any atom is 0.264 e. The van der Waals surface area contributed by atoms with Gasteiger partial charge in [-0.1, -0.05) is 73.2 Å². The molecule has 4 rings (SSSR count). The Morgan fingerprint density at radius 1 is 0.793 bits per heavy atom. The number of fused-ring (bicyclic) bond motifs is 1. The van der Waals surface area contributed by atoms with E-state index in [1.807, 2.05) is 69.3 Å². The lowest BCUT2D eigenvalue weighted by atomic mass is 9.66. The van der Waals surface area contributed by atoms with Crippen LogP contribution in [0.1, 0.15) is 43.9 Å². The number of hydrogen-bond acceptors (Lipinski definition) is 2. The van der Waals surface area contributed by atoms with E-state index >= 15 is 0 Å². The molecule has 1 heterocycles. The summed E-state index contributed by atoms with van der Waals surface area (Å²) in [6.45, 7) is 8.23. The number of aryl methyl sites for hydroxylation is 1. The normalized spacial score (nSPS) is 20.9. The second kappa shape index (κ2) is 6.74. The first kappa shape index (κ1) is 19.7. The van der Waals surface area contributed by atoms with E-state index < -0.39 is 15.6 Å². The molecule has 0 fully saturated rings. The molecule has 0 radical (unpaired) electrons. The van der Waals surface area contributed by atoms with Crippen LogP contribution >= 0.6 is 0 Å². The van der Waals surface area contributed by atoms with Crippen LogP contribution in [0, 0.1) is 6.92 Å². The van der Waals surface area contributed by atoms with Gasteiger partial charge in [-0.2, -0.15) is 0 Å². The van der Waals surface area contributed by atoms with Crippen molar-refractivity contribution in [1.82, 2.24) is 0 Å². The van der Waals surface area contributed by atoms with Gasteiger partial charge in [0, 0.05) is 5.41 Å². The van der Waals surface area contributed by atoms with Crippen molar-refractivity contribution in [2.24, 2.45) is 0 Å². The summed E-state index contributed by atoms with van der Waals surface area (Å²) in [6, 6.07) is 25.4. The van der Waals surface area contributed by atoms with Crippen molar-refractivity contribution in [2.75, 3.05) is 4.31 Å². The Kier molecular flexibility index (Phi) is 4.58. The Balaban J connectivity index is 1.94. The van der Waals surface area contributed by atoms with E-state index in [0.29, 0.717) is 11.3 Å². The average Bonchev–Trinajstić information content (AvgIpc) is 2.68. The van der Waals surface area contributed by atoms with Gasteiger partial charge in [0.1, 0.15) is 0 Å². The molecule has 3 aromatic carbocycles. The first-order chi connectivity index (χ1) is 13.7. The third-order valence-corrected chi connectivity index (χ3v) is 8.06. The Labute approximate surface area is 174 Å². The highest BCUT2D eigenvalue weighted by Crippen LogP contribution is 2.51. The first-order valence-electron chi connectivity index (χ1n) is 9.93. The highest BCUT2D eigenvalue weighted by molar-refractivity contribution is 7.93. The van der Waals surface area contributed by atoms with Crippen molar-refractivity contribution in [3.63, 3.8) is 0 Å². The van der Waals surface area contributed by atoms with Gasteiger partial charge in [0.05, 0.1) is 16.1 Å². The lowest BCUT2D eigenvalue weighted by Crippen LogP contribution is -2.55. The molecule has 0 aliphatic carbocycles. The number of hydrogen-bond donors (Lipinski definition) is 0. The molecule has 0 aromatic heterocycles. The molecular weight excluding hydrogens is 378 g/mol. The van der Waals surface area contributed by atoms with Crippen LogP contribution in [0.4, 0.5) is 5.69 Å². The fourth-order valence-electron chi connectivity index (χ4n) is 4.81. The van der Waals surface area contributed by atoms with Gasteiger partial charge >= 0.3 is 0 Å². The van der Waals surface area contributed by atoms with Gasteiger partial charge in [0.2, 0.25) is 0 Å². The lowest BCUT2D eigenvalue weighted by molar-refractivity contribution is 0.351. The van der Waals surface area contributed by atoms with Crippen molar-refractivity contribution in [2.45, 2.75) is 50.0 Å². The second-order valence-electron chi connectivity index (χ2n) is 8.79. The van der Waals surface area contributed by atoms with Crippen LogP contribution in [0.5, 0.6) is 0 Å². The van der Waals surface area contributed by atoms with E-state index in [0.717, 1.165) is 16.8 Å². The summed E-state index contributed by atoms with van der Waals surface area (Å²) < 4.78 is 29.1. The topological polar surface area (TPSA) is 37.4 Å². The van der Waals surface area contributed by atoms with Gasteiger partial charge < -0.3 is 0 Å². The van der Waals surface area contributed by atoms with Gasteiger partial charge in [-0.3, -0.25) is 4.31 Å². The van der Waals surface area contributed by atoms with E-state index in [1.165, 1.54) is 5.56 Å². The summed E-state index contributed by atoms with van der Waals surface area (Å²) in [7, 11) is -3.70. The zero-order valence-corrected chi connectivity index (χ0v) is 18.2. The fourth-order valence-corrected chi connectivity index (χ4v) is 6.63. The molecule has 1 aliphatic heterocycles. The third kappa shape index (κ3) is 3.16. The van der Waals surface area contributed by atoms with Crippen LogP contribution < -0.4 is 4.31 Å². The Bertz CT molecular complexity index is 1130. The summed E-state index contributed by atoms with van der Waals surface area (Å²) in [4.78, 5) is 0.328. The van der Waals surface area contributed by atoms with Crippen LogP contribution in [-0.2, 0) is 15.4 Å². The number of benzene rings is 3. The molecule has 29 heavy (non-hydrogen) atoms. The SMILES string of the molecule is Cc1ccc(S(=O)(=O)N2c3ccccc3[C@](C)(c3ccccc3)CC2(C)C)cc1. The molecule has 1 atom stereocenters. The zero-order valence-electron chi connectivity index (χ0n) is 17.4. The molecule has 0 saturated heterocycles. The van der Waals surface area contributed by atoms with Crippen LogP contribution in [0.25, 0.3) is 0 Å². The van der Waals surface area contributed by atoms with Gasteiger partial charge in [-0.25, -0.2) is 8.42 Å². The zero-order chi connectivity index (χ0) is 20.9. The van der Waals surface area contributed by atoms with Crippen molar-refractivity contribution < 1.29 is 8.42 Å². The van der Waals surface area contributed by atoms with Gasteiger partial charge in [-0.15, -0.1) is 0 Å². The third-order valence-electron chi connectivity index (χ3n) is 6.02. The molecule has 1 aliphatic rings. The summed E-state index contributed by atoms with van der Waals surface area (Å²) in [5.41, 5.74) is 3.17. The maximum atomic E-state index is 13.8. The summed E-state index contributed by atoms with van der Waals surface area (Å²) in [6.07, 6.45) is 0.687. The van der Waals surface area contributed by atoms with E-state index in [2.05, 4.69) is 25.1 Å². The molecule has 3 aromatic rings. The average molecular weight is 406 g/mol. The lowest BCUT2D eigenvalue weighted by Gasteiger charge is -2.51. The summed E-state index contributed by atoms with van der Waals surface area (Å²) in [5, 5.41) is 0. The number of sulfonamides is 1. The van der Waals surface area contributed by atoms with E-state index in [4.69, 9.17) is 0 Å². The molecule has 0 unspecified atom stereocenters. The standard InChI is InChI=1S/C25H27NO2S/c1-19-14-16-21(17-15-19)29(27,28)26-23-13-9-8-12-22(23)25(4,18-24(26,2)3)20-10-6-5-7-11-20/h5-17H,18H2,1-4H3/t25-/m0/s1. The van der Waals surface area contributed by atoms with Gasteiger partial charge in [-0.05, 0) is 56.5 Å². The highest BCUT2D eigenvalue weighted by Gasteiger charge is 2.49. The molecule has 3 nitrogen and oxygen atoms in total. The number of rotatable bonds is 3. The minimum atomic E-state index is -3.70. The van der Waals surface area contributed by atoms with Crippen molar-refractivity contribution >= 4 is 15.7 Å². The maximum absolute atomic E-state index is 13.8. The summed E-state index contributed by atoms with van der Waals surface area (Å²) >= 11 is 0. The molecule has 4 heteroatoms. The van der Waals surface area contributed by atoms with E-state index in [-0.39, 0.29) is 5.41 Å². The molecular formula is C25H27NO2S. The van der Waals surface area contributed by atoms with Crippen LogP contribution in [0.3, 0.4) is 0 Å². The molecule has 0 bridgehead atoms. The van der Waals surface area contributed by atoms with Gasteiger partial charge in [0.25, 0.3) is 10.0 Å². The molecule has 0 amide bonds. The Morgan fingerprint density at radius 2 is 1.38 bits per heavy atom. The minimum absolute atomic E-state index is 0.277. The smallest absolute Gasteiger partial charge is 0.260 e. The quantitative estimate of drug-likeness (QED) is 0.562. The van der Waals surface area contributed by atoms with E-state index in [9.17, 15) is 8.42 Å². The Hall–Kier alpha value is -2.59. The molecule has 0 saturated carbocycles. The number of nitrogens with zero attached hydrogens (tertiary/aromatic N) is 1. The van der Waals surface area contributed by atoms with Gasteiger partial charge in [0.15, 0.2) is 0 Å². The van der Waals surface area contributed by atoms with Crippen molar-refractivity contribution in [1.29, 1.82) is 0 Å². The first-order valence-corrected chi connectivity index (χ1v) is 11.4. The summed E-state index contributed by atoms with van der Waals surface area (Å²) in [5.74, 6) is 0. The predicted molar refractivity (Wildman–Crippen MR) is 119 cm³/mol. The second-order valence-corrected chi connectivity index (χ2v) is 10.6. The fraction of sp³-hybridized carbons (Fsp3) is 0.280. The van der Waals surface area contributed by atoms with Crippen LogP contribution in [0.2, 0.25) is 0 Å². The van der Waals surface area contributed by atoms with Crippen LogP contribution in [-0.4, -0.2) is 14.0 Å². The number of anilines is 1. The molecule has 0 spiro atoms. The predicted octanol–water partition coefficient (Wildman–Crippen LogP) is 5.68. The monoisotopic (exact) mass is 405 g/mol. The van der Waals surface area contributed by atoms with Crippen molar-refractivity contribution in [3.05, 3.63) is 95.6 Å². The Morgan fingerprint density at radius 3 is 2.03 bits per heavy atom. The van der Waals surface area contributed by atoms with Crippen molar-refractivity contribution in [3.8, 4) is 0 Å². The molecule has 150 valence electrons.